The number of fused-ring (bicyclic) bond motifs is 5. The molecule has 0 fully saturated rings. The van der Waals surface area contributed by atoms with Crippen molar-refractivity contribution in [2.24, 2.45) is 18.9 Å². The number of para-hydroxylation sites is 1. The molecule has 0 aliphatic heterocycles. The topological polar surface area (TPSA) is 21.9 Å². The van der Waals surface area contributed by atoms with Gasteiger partial charge in [-0.1, -0.05) is 76.2 Å². The lowest BCUT2D eigenvalue weighted by Gasteiger charge is -2.16. The molecule has 3 nitrogen and oxygen atoms in total. The number of rotatable bonds is 6. The number of aromatic nitrogens is 2. The minimum absolute atomic E-state index is 0.583. The van der Waals surface area contributed by atoms with Crippen molar-refractivity contribution in [1.29, 1.82) is 0 Å². The molecule has 0 aliphatic rings. The summed E-state index contributed by atoms with van der Waals surface area (Å²) in [6.07, 6.45) is 6.51. The predicted molar refractivity (Wildman–Crippen MR) is 159 cm³/mol. The van der Waals surface area contributed by atoms with Crippen LogP contribution in [0.5, 0.6) is 0 Å². The van der Waals surface area contributed by atoms with Gasteiger partial charge in [0.2, 0.25) is 0 Å². The molecule has 0 saturated heterocycles. The van der Waals surface area contributed by atoms with Crippen molar-refractivity contribution in [1.82, 2.24) is 4.57 Å². The third-order valence-corrected chi connectivity index (χ3v) is 7.72. The van der Waals surface area contributed by atoms with Gasteiger partial charge < -0.3 is 4.42 Å². The Bertz CT molecular complexity index is 1770. The fraction of sp³-hybridized carbons (Fsp3) is 0.286. The Balaban J connectivity index is 1.60. The Morgan fingerprint density at radius 3 is 2.11 bits per heavy atom. The van der Waals surface area contributed by atoms with Crippen LogP contribution in [0.25, 0.3) is 49.8 Å². The highest BCUT2D eigenvalue weighted by Crippen LogP contribution is 2.39. The van der Waals surface area contributed by atoms with E-state index in [4.69, 9.17) is 4.42 Å². The number of benzene rings is 4. The molecule has 0 saturated carbocycles. The van der Waals surface area contributed by atoms with Gasteiger partial charge in [-0.2, -0.15) is 4.57 Å². The van der Waals surface area contributed by atoms with E-state index in [0.717, 1.165) is 29.4 Å². The molecule has 6 rings (SSSR count). The summed E-state index contributed by atoms with van der Waals surface area (Å²) >= 11 is 0. The molecule has 0 radical (unpaired) electrons. The highest BCUT2D eigenvalue weighted by molar-refractivity contribution is 6.15. The lowest BCUT2D eigenvalue weighted by molar-refractivity contribution is -0.659. The van der Waals surface area contributed by atoms with Crippen molar-refractivity contribution in [3.63, 3.8) is 0 Å². The van der Waals surface area contributed by atoms with Crippen molar-refractivity contribution < 1.29 is 8.98 Å². The number of hydrogen-bond donors (Lipinski definition) is 0. The lowest BCUT2D eigenvalue weighted by atomic mass is 9.94. The Hall–Kier alpha value is -3.85. The van der Waals surface area contributed by atoms with Gasteiger partial charge in [-0.15, -0.1) is 0 Å². The molecule has 0 unspecified atom stereocenters. The van der Waals surface area contributed by atoms with E-state index in [0.29, 0.717) is 11.8 Å². The highest BCUT2D eigenvalue weighted by atomic mass is 16.3. The third kappa shape index (κ3) is 4.01. The van der Waals surface area contributed by atoms with E-state index in [9.17, 15) is 0 Å². The van der Waals surface area contributed by atoms with Crippen LogP contribution in [0.2, 0.25) is 0 Å². The van der Waals surface area contributed by atoms with Crippen molar-refractivity contribution in [2.75, 3.05) is 0 Å². The van der Waals surface area contributed by atoms with Crippen LogP contribution in [0, 0.1) is 18.8 Å². The molecule has 0 bridgehead atoms. The van der Waals surface area contributed by atoms with E-state index in [-0.39, 0.29) is 0 Å². The van der Waals surface area contributed by atoms with Gasteiger partial charge in [0.25, 0.3) is 5.82 Å². The van der Waals surface area contributed by atoms with Crippen molar-refractivity contribution in [3.05, 3.63) is 95.8 Å². The summed E-state index contributed by atoms with van der Waals surface area (Å²) in [6.45, 7) is 11.4. The number of hydrogen-bond acceptors (Lipinski definition) is 1. The second-order valence-corrected chi connectivity index (χ2v) is 11.6. The zero-order chi connectivity index (χ0) is 26.6. The quantitative estimate of drug-likeness (QED) is 0.209. The minimum Gasteiger partial charge on any atom is -0.455 e. The van der Waals surface area contributed by atoms with Crippen LogP contribution in [0.1, 0.15) is 44.4 Å². The van der Waals surface area contributed by atoms with Crippen LogP contribution in [0.15, 0.2) is 83.5 Å². The minimum atomic E-state index is 0.583. The van der Waals surface area contributed by atoms with Crippen LogP contribution in [-0.2, 0) is 19.9 Å². The number of nitrogens with zero attached hydrogens (tertiary/aromatic N) is 2. The molecular formula is C35H37N2O+. The Labute approximate surface area is 225 Å². The van der Waals surface area contributed by atoms with Crippen LogP contribution < -0.4 is 4.57 Å². The standard InChI is InChI=1S/C35H37N2O/c1-22(2)20-26-11-9-12-27(21-23(3)4)32(26)37-19-18-36(6)35(37)28-16-17-30-31-15-14-25-10-7-8-13-29(25)34(31)38-33(30)24(28)5/h7-19,22-23H,20-21H2,1-6H3/q+1. The van der Waals surface area contributed by atoms with E-state index < -0.39 is 0 Å². The van der Waals surface area contributed by atoms with Crippen molar-refractivity contribution >= 4 is 32.7 Å². The fourth-order valence-corrected chi connectivity index (χ4v) is 6.09. The average Bonchev–Trinajstić information content (AvgIpc) is 3.45. The molecule has 0 aliphatic carbocycles. The summed E-state index contributed by atoms with van der Waals surface area (Å²) in [6, 6.07) is 24.2. The monoisotopic (exact) mass is 501 g/mol. The Morgan fingerprint density at radius 2 is 1.39 bits per heavy atom. The maximum atomic E-state index is 6.65. The molecule has 0 amide bonds. The van der Waals surface area contributed by atoms with E-state index in [1.165, 1.54) is 49.9 Å². The first kappa shape index (κ1) is 24.5. The van der Waals surface area contributed by atoms with Crippen LogP contribution in [0.4, 0.5) is 0 Å². The molecule has 3 heteroatoms. The highest BCUT2D eigenvalue weighted by Gasteiger charge is 2.27. The van der Waals surface area contributed by atoms with E-state index in [1.807, 2.05) is 0 Å². The van der Waals surface area contributed by atoms with Gasteiger partial charge in [0.1, 0.15) is 29.2 Å². The Morgan fingerprint density at radius 1 is 0.737 bits per heavy atom. The van der Waals surface area contributed by atoms with E-state index >= 15 is 0 Å². The van der Waals surface area contributed by atoms with Gasteiger partial charge in [-0.25, -0.2) is 4.57 Å². The first-order valence-electron chi connectivity index (χ1n) is 13.9. The maximum Gasteiger partial charge on any atom is 0.294 e. The second-order valence-electron chi connectivity index (χ2n) is 11.6. The SMILES string of the molecule is Cc1c(-c2n(-c3c(CC(C)C)cccc3CC(C)C)cc[n+]2C)ccc2c1oc1c3ccccc3ccc21. The van der Waals surface area contributed by atoms with Gasteiger partial charge in [-0.05, 0) is 66.3 Å². The smallest absolute Gasteiger partial charge is 0.294 e. The Kier molecular flexibility index (Phi) is 6.10. The summed E-state index contributed by atoms with van der Waals surface area (Å²) < 4.78 is 11.3. The summed E-state index contributed by atoms with van der Waals surface area (Å²) in [7, 11) is 2.15. The summed E-state index contributed by atoms with van der Waals surface area (Å²) in [5.74, 6) is 2.34. The summed E-state index contributed by atoms with van der Waals surface area (Å²) in [5, 5.41) is 4.72. The average molecular weight is 502 g/mol. The predicted octanol–water partition coefficient (Wildman–Crippen LogP) is 8.73. The van der Waals surface area contributed by atoms with E-state index in [1.54, 1.807) is 0 Å². The van der Waals surface area contributed by atoms with Crippen LogP contribution >= 0.6 is 0 Å². The van der Waals surface area contributed by atoms with Gasteiger partial charge in [0.15, 0.2) is 0 Å². The van der Waals surface area contributed by atoms with Crippen molar-refractivity contribution in [2.45, 2.75) is 47.5 Å². The fourth-order valence-electron chi connectivity index (χ4n) is 6.09. The first-order chi connectivity index (χ1) is 18.3. The largest absolute Gasteiger partial charge is 0.455 e. The van der Waals surface area contributed by atoms with Crippen LogP contribution in [0.3, 0.4) is 0 Å². The molecule has 0 N–H and O–H groups in total. The first-order valence-corrected chi connectivity index (χ1v) is 13.9. The number of aryl methyl sites for hydroxylation is 2. The molecule has 4 aromatic carbocycles. The number of furan rings is 1. The third-order valence-electron chi connectivity index (χ3n) is 7.72. The molecule has 192 valence electrons. The summed E-state index contributed by atoms with van der Waals surface area (Å²) in [5.41, 5.74) is 8.46. The molecule has 0 spiro atoms. The van der Waals surface area contributed by atoms with Gasteiger partial charge in [0, 0.05) is 21.7 Å². The molecule has 38 heavy (non-hydrogen) atoms. The van der Waals surface area contributed by atoms with Crippen molar-refractivity contribution in [3.8, 4) is 17.1 Å². The molecule has 2 heterocycles. The molecule has 6 aromatic rings. The van der Waals surface area contributed by atoms with Crippen LogP contribution in [-0.4, -0.2) is 4.57 Å². The van der Waals surface area contributed by atoms with E-state index in [2.05, 4.69) is 130 Å². The molecular weight excluding hydrogens is 464 g/mol. The van der Waals surface area contributed by atoms with Gasteiger partial charge >= 0.3 is 0 Å². The normalized spacial score (nSPS) is 12.1. The zero-order valence-electron chi connectivity index (χ0n) is 23.4. The lowest BCUT2D eigenvalue weighted by Crippen LogP contribution is -2.29. The zero-order valence-corrected chi connectivity index (χ0v) is 23.4. The molecule has 0 atom stereocenters. The number of imidazole rings is 1. The molecule has 2 aromatic heterocycles. The van der Waals surface area contributed by atoms with Gasteiger partial charge in [0.05, 0.1) is 12.6 Å². The second kappa shape index (κ2) is 9.47. The summed E-state index contributed by atoms with van der Waals surface area (Å²) in [4.78, 5) is 0. The maximum absolute atomic E-state index is 6.65. The van der Waals surface area contributed by atoms with Gasteiger partial charge in [-0.3, -0.25) is 0 Å².